The third-order valence-electron chi connectivity index (χ3n) is 2.64. The van der Waals surface area contributed by atoms with Gasteiger partial charge in [-0.2, -0.15) is 0 Å². The minimum absolute atomic E-state index is 0.0211. The van der Waals surface area contributed by atoms with Crippen LogP contribution >= 0.6 is 22.6 Å². The Morgan fingerprint density at radius 2 is 2.14 bits per heavy atom. The van der Waals surface area contributed by atoms with Crippen LogP contribution in [0.5, 0.6) is 0 Å². The van der Waals surface area contributed by atoms with E-state index in [9.17, 15) is 4.79 Å². The monoisotopic (exact) mass is 310 g/mol. The lowest BCUT2D eigenvalue weighted by atomic mass is 9.77. The molecular formula is C11H19IO2. The fraction of sp³-hybridized carbons (Fsp3) is 0.909. The lowest BCUT2D eigenvalue weighted by Crippen LogP contribution is -2.35. The molecule has 0 aromatic heterocycles. The smallest absolute Gasteiger partial charge is 0.309 e. The molecule has 0 spiro atoms. The Morgan fingerprint density at radius 3 is 2.64 bits per heavy atom. The zero-order chi connectivity index (χ0) is 10.8. The summed E-state index contributed by atoms with van der Waals surface area (Å²) in [6, 6.07) is 0. The molecule has 2 atom stereocenters. The van der Waals surface area contributed by atoms with E-state index in [4.69, 9.17) is 4.74 Å². The summed E-state index contributed by atoms with van der Waals surface area (Å²) in [7, 11) is 0. The van der Waals surface area contributed by atoms with Gasteiger partial charge < -0.3 is 4.74 Å². The van der Waals surface area contributed by atoms with Crippen molar-refractivity contribution in [1.82, 2.24) is 0 Å². The van der Waals surface area contributed by atoms with Crippen LogP contribution in [0.2, 0.25) is 0 Å². The molecule has 1 fully saturated rings. The van der Waals surface area contributed by atoms with Gasteiger partial charge in [0.2, 0.25) is 0 Å². The van der Waals surface area contributed by atoms with Crippen LogP contribution in [0.25, 0.3) is 0 Å². The maximum atomic E-state index is 11.6. The molecule has 0 N–H and O–H groups in total. The van der Waals surface area contributed by atoms with Crippen LogP contribution in [0, 0.1) is 17.3 Å². The zero-order valence-corrected chi connectivity index (χ0v) is 11.3. The van der Waals surface area contributed by atoms with Crippen molar-refractivity contribution >= 4 is 28.6 Å². The van der Waals surface area contributed by atoms with E-state index in [1.165, 1.54) is 0 Å². The lowest BCUT2D eigenvalue weighted by Gasteiger charge is -2.33. The third kappa shape index (κ3) is 3.41. The van der Waals surface area contributed by atoms with Crippen LogP contribution in [0.15, 0.2) is 0 Å². The first-order valence-electron chi connectivity index (χ1n) is 5.16. The Balaban J connectivity index is 2.64. The number of carbonyl (C=O) groups is 1. The molecule has 0 aromatic carbocycles. The number of halogens is 1. The van der Waals surface area contributed by atoms with Gasteiger partial charge in [-0.05, 0) is 24.2 Å². The van der Waals surface area contributed by atoms with Gasteiger partial charge in [-0.25, -0.2) is 0 Å². The molecule has 2 nitrogen and oxygen atoms in total. The minimum atomic E-state index is 0.0211. The van der Waals surface area contributed by atoms with E-state index >= 15 is 0 Å². The second-order valence-corrected chi connectivity index (χ2v) is 6.12. The number of ether oxygens (including phenoxy) is 1. The topological polar surface area (TPSA) is 26.3 Å². The van der Waals surface area contributed by atoms with Crippen molar-refractivity contribution in [3.05, 3.63) is 0 Å². The van der Waals surface area contributed by atoms with Crippen molar-refractivity contribution in [2.24, 2.45) is 17.3 Å². The van der Waals surface area contributed by atoms with Gasteiger partial charge in [-0.15, -0.1) is 0 Å². The predicted octanol–water partition coefficient (Wildman–Crippen LogP) is 3.04. The summed E-state index contributed by atoms with van der Waals surface area (Å²) in [6.45, 7) is 7.16. The summed E-state index contributed by atoms with van der Waals surface area (Å²) in [5.41, 5.74) is 0.213. The molecule has 1 saturated heterocycles. The van der Waals surface area contributed by atoms with E-state index < -0.39 is 0 Å². The highest BCUT2D eigenvalue weighted by Gasteiger charge is 2.35. The fourth-order valence-corrected chi connectivity index (χ4v) is 2.96. The van der Waals surface area contributed by atoms with Gasteiger partial charge in [0.05, 0.1) is 12.5 Å². The second-order valence-electron chi connectivity index (χ2n) is 5.24. The van der Waals surface area contributed by atoms with E-state index in [2.05, 4.69) is 43.4 Å². The van der Waals surface area contributed by atoms with Gasteiger partial charge in [0.25, 0.3) is 0 Å². The first-order valence-corrected chi connectivity index (χ1v) is 6.69. The van der Waals surface area contributed by atoms with Crippen LogP contribution in [0.3, 0.4) is 0 Å². The molecule has 0 radical (unpaired) electrons. The first kappa shape index (κ1) is 12.3. The zero-order valence-electron chi connectivity index (χ0n) is 9.18. The van der Waals surface area contributed by atoms with Gasteiger partial charge in [0, 0.05) is 4.43 Å². The summed E-state index contributed by atoms with van der Waals surface area (Å²) in [6.07, 6.45) is 1.98. The number of alkyl halides is 1. The average molecular weight is 310 g/mol. The molecule has 0 aromatic rings. The Bertz CT molecular complexity index is 208. The summed E-state index contributed by atoms with van der Waals surface area (Å²) < 4.78 is 6.19. The maximum Gasteiger partial charge on any atom is 0.309 e. The van der Waals surface area contributed by atoms with Crippen LogP contribution in [0.4, 0.5) is 0 Å². The van der Waals surface area contributed by atoms with E-state index in [0.29, 0.717) is 12.5 Å². The normalized spacial score (nSPS) is 28.7. The Labute approximate surface area is 99.9 Å². The van der Waals surface area contributed by atoms with E-state index in [1.54, 1.807) is 0 Å². The minimum Gasteiger partial charge on any atom is -0.465 e. The largest absolute Gasteiger partial charge is 0.465 e. The van der Waals surface area contributed by atoms with Crippen LogP contribution in [-0.4, -0.2) is 17.0 Å². The molecule has 0 saturated carbocycles. The SMILES string of the molecule is CC(C)(C)C[C@@H]1C(=O)OCC[C@H]1CI. The number of cyclic esters (lactones) is 1. The van der Waals surface area contributed by atoms with E-state index in [-0.39, 0.29) is 17.3 Å². The van der Waals surface area contributed by atoms with Crippen molar-refractivity contribution in [2.75, 3.05) is 11.0 Å². The Morgan fingerprint density at radius 1 is 1.50 bits per heavy atom. The molecular weight excluding hydrogens is 291 g/mol. The summed E-state index contributed by atoms with van der Waals surface area (Å²) in [5, 5.41) is 0. The molecule has 1 aliphatic rings. The maximum absolute atomic E-state index is 11.6. The van der Waals surface area contributed by atoms with Gasteiger partial charge in [-0.3, -0.25) is 4.79 Å². The van der Waals surface area contributed by atoms with E-state index in [1.807, 2.05) is 0 Å². The Kier molecular flexibility index (Phi) is 4.22. The highest BCUT2D eigenvalue weighted by molar-refractivity contribution is 14.1. The number of hydrogen-bond donors (Lipinski definition) is 0. The molecule has 1 heterocycles. The Hall–Kier alpha value is 0.200. The highest BCUT2D eigenvalue weighted by atomic mass is 127. The summed E-state index contributed by atoms with van der Waals surface area (Å²) >= 11 is 2.38. The van der Waals surface area contributed by atoms with Gasteiger partial charge in [-0.1, -0.05) is 43.4 Å². The lowest BCUT2D eigenvalue weighted by molar-refractivity contribution is -0.157. The molecule has 14 heavy (non-hydrogen) atoms. The summed E-state index contributed by atoms with van der Waals surface area (Å²) in [4.78, 5) is 11.6. The molecule has 82 valence electrons. The average Bonchev–Trinajstić information content (AvgIpc) is 2.06. The fourth-order valence-electron chi connectivity index (χ4n) is 1.91. The molecule has 0 aliphatic carbocycles. The van der Waals surface area contributed by atoms with Crippen molar-refractivity contribution in [2.45, 2.75) is 33.6 Å². The van der Waals surface area contributed by atoms with Crippen LogP contribution in [-0.2, 0) is 9.53 Å². The van der Waals surface area contributed by atoms with Crippen molar-refractivity contribution < 1.29 is 9.53 Å². The van der Waals surface area contributed by atoms with Gasteiger partial charge in [0.1, 0.15) is 0 Å². The second kappa shape index (κ2) is 4.81. The number of hydrogen-bond acceptors (Lipinski definition) is 2. The molecule has 1 aliphatic heterocycles. The number of esters is 1. The highest BCUT2D eigenvalue weighted by Crippen LogP contribution is 2.34. The van der Waals surface area contributed by atoms with Crippen molar-refractivity contribution in [3.8, 4) is 0 Å². The third-order valence-corrected chi connectivity index (χ3v) is 3.77. The van der Waals surface area contributed by atoms with Crippen molar-refractivity contribution in [1.29, 1.82) is 0 Å². The molecule has 3 heteroatoms. The summed E-state index contributed by atoms with van der Waals surface area (Å²) in [5.74, 6) is 0.671. The number of carbonyl (C=O) groups excluding carboxylic acids is 1. The molecule has 0 unspecified atom stereocenters. The van der Waals surface area contributed by atoms with Crippen molar-refractivity contribution in [3.63, 3.8) is 0 Å². The molecule has 1 rings (SSSR count). The standard InChI is InChI=1S/C11H19IO2/c1-11(2,3)6-9-8(7-12)4-5-14-10(9)13/h8-9H,4-7H2,1-3H3/t8-,9-/m0/s1. The van der Waals surface area contributed by atoms with Crippen LogP contribution < -0.4 is 0 Å². The van der Waals surface area contributed by atoms with Crippen LogP contribution in [0.1, 0.15) is 33.6 Å². The first-order chi connectivity index (χ1) is 6.44. The van der Waals surface area contributed by atoms with Gasteiger partial charge in [0.15, 0.2) is 0 Å². The molecule has 0 amide bonds. The van der Waals surface area contributed by atoms with E-state index in [0.717, 1.165) is 17.3 Å². The number of rotatable bonds is 2. The van der Waals surface area contributed by atoms with Gasteiger partial charge >= 0.3 is 5.97 Å². The quantitative estimate of drug-likeness (QED) is 0.445. The molecule has 0 bridgehead atoms. The predicted molar refractivity (Wildman–Crippen MR) is 65.5 cm³/mol.